The van der Waals surface area contributed by atoms with E-state index in [0.29, 0.717) is 31.0 Å². The van der Waals surface area contributed by atoms with Gasteiger partial charge in [-0.25, -0.2) is 4.98 Å². The summed E-state index contributed by atoms with van der Waals surface area (Å²) in [6.07, 6.45) is -7.96. The van der Waals surface area contributed by atoms with Crippen molar-refractivity contribution in [2.45, 2.75) is 82.6 Å². The third-order valence-electron chi connectivity index (χ3n) is 8.87. The van der Waals surface area contributed by atoms with Gasteiger partial charge in [0.25, 0.3) is 5.95 Å². The Kier molecular flexibility index (Phi) is 9.74. The predicted molar refractivity (Wildman–Crippen MR) is 151 cm³/mol. The first-order chi connectivity index (χ1) is 22.0. The van der Waals surface area contributed by atoms with Gasteiger partial charge in [-0.05, 0) is 85.4 Å². The third-order valence-corrected chi connectivity index (χ3v) is 8.87. The molecule has 1 aromatic carbocycles. The van der Waals surface area contributed by atoms with Crippen molar-refractivity contribution in [1.29, 1.82) is 0 Å². The number of carbonyl (C=O) groups is 1. The number of anilines is 2. The Balaban J connectivity index is 1.53. The van der Waals surface area contributed by atoms with E-state index in [9.17, 15) is 44.3 Å². The van der Waals surface area contributed by atoms with Gasteiger partial charge in [-0.3, -0.25) is 0 Å². The molecule has 0 radical (unpaired) electrons. The van der Waals surface area contributed by atoms with Crippen LogP contribution in [0.5, 0.6) is 0 Å². The van der Waals surface area contributed by atoms with E-state index in [-0.39, 0.29) is 35.4 Å². The molecular weight excluding hydrogens is 645 g/mol. The number of rotatable bonds is 9. The SMILES string of the molecule is Cn1nnc(N(Cc2cc(C(F)(F)F)cc(C(F)(F)F)c2)Cc2cc(C(F)(F)F)cnc2N2CCC[C@@H]2C2CCC(CC=O)CC2)n1. The molecule has 1 aliphatic carbocycles. The second-order valence-electron chi connectivity index (χ2n) is 12.1. The van der Waals surface area contributed by atoms with Crippen LogP contribution in [0.4, 0.5) is 51.3 Å². The highest BCUT2D eigenvalue weighted by Crippen LogP contribution is 2.41. The van der Waals surface area contributed by atoms with E-state index in [1.165, 1.54) is 11.9 Å². The number of pyridine rings is 1. The topological polar surface area (TPSA) is 80.0 Å². The van der Waals surface area contributed by atoms with E-state index in [4.69, 9.17) is 0 Å². The minimum atomic E-state index is -5.10. The lowest BCUT2D eigenvalue weighted by Gasteiger charge is -2.38. The number of tetrazole rings is 1. The van der Waals surface area contributed by atoms with E-state index >= 15 is 0 Å². The molecule has 0 amide bonds. The molecule has 0 N–H and O–H groups in total. The number of halogens is 9. The monoisotopic (exact) mass is 677 g/mol. The number of aromatic nitrogens is 5. The number of carbonyl (C=O) groups excluding carboxylic acids is 1. The molecule has 1 atom stereocenters. The van der Waals surface area contributed by atoms with Crippen LogP contribution < -0.4 is 9.80 Å². The van der Waals surface area contributed by atoms with Gasteiger partial charge in [-0.2, -0.15) is 44.3 Å². The van der Waals surface area contributed by atoms with Gasteiger partial charge in [0.2, 0.25) is 0 Å². The van der Waals surface area contributed by atoms with Crippen LogP contribution in [0.25, 0.3) is 0 Å². The average Bonchev–Trinajstić information content (AvgIpc) is 3.65. The zero-order chi connectivity index (χ0) is 34.1. The Morgan fingerprint density at radius 2 is 1.49 bits per heavy atom. The van der Waals surface area contributed by atoms with E-state index in [1.807, 2.05) is 4.90 Å². The summed E-state index contributed by atoms with van der Waals surface area (Å²) in [5, 5.41) is 11.6. The smallest absolute Gasteiger partial charge is 0.353 e. The van der Waals surface area contributed by atoms with Crippen LogP contribution in [0.3, 0.4) is 0 Å². The summed E-state index contributed by atoms with van der Waals surface area (Å²) in [7, 11) is 1.39. The highest BCUT2D eigenvalue weighted by molar-refractivity contribution is 5.53. The minimum Gasteiger partial charge on any atom is -0.353 e. The van der Waals surface area contributed by atoms with Crippen molar-refractivity contribution >= 4 is 18.1 Å². The highest BCUT2D eigenvalue weighted by Gasteiger charge is 2.39. The van der Waals surface area contributed by atoms with Gasteiger partial charge < -0.3 is 14.6 Å². The van der Waals surface area contributed by atoms with E-state index < -0.39 is 53.9 Å². The van der Waals surface area contributed by atoms with Crippen molar-refractivity contribution in [2.24, 2.45) is 18.9 Å². The Bertz CT molecular complexity index is 1510. The number of aldehydes is 1. The van der Waals surface area contributed by atoms with Gasteiger partial charge in [0.15, 0.2) is 0 Å². The van der Waals surface area contributed by atoms with Crippen LogP contribution in [0.15, 0.2) is 30.5 Å². The van der Waals surface area contributed by atoms with Gasteiger partial charge in [0.05, 0.1) is 23.7 Å². The van der Waals surface area contributed by atoms with Gasteiger partial charge in [-0.15, -0.1) is 5.10 Å². The van der Waals surface area contributed by atoms with Crippen LogP contribution in [-0.2, 0) is 43.5 Å². The van der Waals surface area contributed by atoms with Crippen molar-refractivity contribution < 1.29 is 44.3 Å². The zero-order valence-corrected chi connectivity index (χ0v) is 25.2. The molecule has 0 bridgehead atoms. The summed E-state index contributed by atoms with van der Waals surface area (Å²) in [4.78, 5) is 19.4. The van der Waals surface area contributed by atoms with Gasteiger partial charge >= 0.3 is 18.5 Å². The van der Waals surface area contributed by atoms with Crippen LogP contribution in [0.2, 0.25) is 0 Å². The first-order valence-electron chi connectivity index (χ1n) is 15.1. The van der Waals surface area contributed by atoms with Gasteiger partial charge in [0.1, 0.15) is 12.1 Å². The lowest BCUT2D eigenvalue weighted by molar-refractivity contribution is -0.143. The molecule has 1 aliphatic heterocycles. The van der Waals surface area contributed by atoms with Crippen LogP contribution >= 0.6 is 0 Å². The molecule has 3 aromatic rings. The van der Waals surface area contributed by atoms with Crippen molar-refractivity contribution in [2.75, 3.05) is 16.3 Å². The van der Waals surface area contributed by atoms with Crippen LogP contribution in [-0.4, -0.2) is 44.1 Å². The number of benzene rings is 1. The summed E-state index contributed by atoms with van der Waals surface area (Å²) >= 11 is 0. The second-order valence-corrected chi connectivity index (χ2v) is 12.1. The Hall–Kier alpha value is -3.92. The zero-order valence-electron chi connectivity index (χ0n) is 25.2. The molecule has 5 rings (SSSR count). The molecule has 47 heavy (non-hydrogen) atoms. The molecule has 2 aliphatic rings. The molecule has 3 heterocycles. The van der Waals surface area contributed by atoms with Crippen molar-refractivity contribution in [1.82, 2.24) is 25.2 Å². The molecule has 8 nitrogen and oxygen atoms in total. The molecule has 1 saturated heterocycles. The maximum Gasteiger partial charge on any atom is 0.417 e. The first kappa shape index (κ1) is 34.4. The van der Waals surface area contributed by atoms with E-state index in [0.717, 1.165) is 61.9 Å². The standard InChI is InChI=1S/C30H32F9N7O/c1-44-42-27(41-43-44)45(16-19-11-22(28(31,32)33)14-23(12-19)29(34,35)36)17-21-13-24(30(37,38)39)15-40-26(21)46-9-2-3-25(46)20-6-4-18(5-7-20)8-10-47/h10-15,18,20,25H,2-9,16-17H2,1H3/t18?,20?,25-/m1/s1. The van der Waals surface area contributed by atoms with E-state index in [2.05, 4.69) is 20.4 Å². The van der Waals surface area contributed by atoms with Gasteiger partial charge in [0, 0.05) is 43.9 Å². The molecular formula is C30H32F9N7O. The molecule has 0 spiro atoms. The third kappa shape index (κ3) is 8.15. The first-order valence-corrected chi connectivity index (χ1v) is 15.1. The Morgan fingerprint density at radius 3 is 2.04 bits per heavy atom. The fraction of sp³-hybridized carbons (Fsp3) is 0.567. The Labute approximate surface area is 263 Å². The number of nitrogens with zero attached hydrogens (tertiary/aromatic N) is 7. The van der Waals surface area contributed by atoms with Crippen molar-refractivity contribution in [3.63, 3.8) is 0 Å². The molecule has 2 fully saturated rings. The molecule has 2 aromatic heterocycles. The number of hydrogen-bond acceptors (Lipinski definition) is 7. The summed E-state index contributed by atoms with van der Waals surface area (Å²) < 4.78 is 124. The lowest BCUT2D eigenvalue weighted by Crippen LogP contribution is -2.39. The quantitative estimate of drug-likeness (QED) is 0.175. The van der Waals surface area contributed by atoms with Crippen molar-refractivity contribution in [3.8, 4) is 0 Å². The van der Waals surface area contributed by atoms with E-state index in [1.54, 1.807) is 0 Å². The Morgan fingerprint density at radius 1 is 0.851 bits per heavy atom. The maximum absolute atomic E-state index is 13.9. The van der Waals surface area contributed by atoms with Crippen LogP contribution in [0.1, 0.15) is 72.8 Å². The summed E-state index contributed by atoms with van der Waals surface area (Å²) in [5.41, 5.74) is -4.48. The average molecular weight is 678 g/mol. The molecule has 1 saturated carbocycles. The van der Waals surface area contributed by atoms with Gasteiger partial charge in [-0.1, -0.05) is 5.10 Å². The highest BCUT2D eigenvalue weighted by atomic mass is 19.4. The molecule has 0 unspecified atom stereocenters. The van der Waals surface area contributed by atoms with Crippen LogP contribution in [0, 0.1) is 11.8 Å². The van der Waals surface area contributed by atoms with Crippen molar-refractivity contribution in [3.05, 3.63) is 58.3 Å². The molecule has 17 heteroatoms. The fourth-order valence-corrected chi connectivity index (χ4v) is 6.66. The summed E-state index contributed by atoms with van der Waals surface area (Å²) in [6, 6.07) is 1.97. The molecule has 256 valence electrons. The predicted octanol–water partition coefficient (Wildman–Crippen LogP) is 7.23. The summed E-state index contributed by atoms with van der Waals surface area (Å²) in [5.74, 6) is 0.527. The minimum absolute atomic E-state index is 0.00315. The largest absolute Gasteiger partial charge is 0.417 e. The number of aryl methyl sites for hydroxylation is 1. The summed E-state index contributed by atoms with van der Waals surface area (Å²) in [6.45, 7) is -0.542. The fourth-order valence-electron chi connectivity index (χ4n) is 6.66. The maximum atomic E-state index is 13.9. The normalized spacial score (nSPS) is 20.9. The lowest BCUT2D eigenvalue weighted by atomic mass is 9.77. The number of hydrogen-bond donors (Lipinski definition) is 0. The second kappa shape index (κ2) is 13.3. The number of alkyl halides is 9.